The summed E-state index contributed by atoms with van der Waals surface area (Å²) in [7, 11) is 0. The number of nitrogens with zero attached hydrogens (tertiary/aromatic N) is 4. The van der Waals surface area contributed by atoms with Crippen molar-refractivity contribution in [3.63, 3.8) is 0 Å². The minimum atomic E-state index is -0.0762. The van der Waals surface area contributed by atoms with E-state index in [1.54, 1.807) is 16.9 Å². The van der Waals surface area contributed by atoms with Crippen LogP contribution in [-0.4, -0.2) is 19.6 Å². The van der Waals surface area contributed by atoms with E-state index in [-0.39, 0.29) is 5.56 Å². The Balaban J connectivity index is 2.11. The summed E-state index contributed by atoms with van der Waals surface area (Å²) in [5.41, 5.74) is 0.767. The molecule has 0 bridgehead atoms. The summed E-state index contributed by atoms with van der Waals surface area (Å²) in [5, 5.41) is 8.19. The molecular formula is C10H12N4O. The van der Waals surface area contributed by atoms with E-state index < -0.39 is 0 Å². The molecule has 0 aliphatic carbocycles. The number of hydrogen-bond acceptors (Lipinski definition) is 3. The molecule has 0 aromatic carbocycles. The van der Waals surface area contributed by atoms with Crippen LogP contribution >= 0.6 is 0 Å². The predicted octanol–water partition coefficient (Wildman–Crippen LogP) is 0.448. The van der Waals surface area contributed by atoms with E-state index in [0.29, 0.717) is 13.1 Å². The molecule has 0 unspecified atom stereocenters. The van der Waals surface area contributed by atoms with Gasteiger partial charge < -0.3 is 0 Å². The Labute approximate surface area is 87.0 Å². The van der Waals surface area contributed by atoms with Crippen molar-refractivity contribution in [2.45, 2.75) is 20.0 Å². The molecule has 2 aromatic rings. The summed E-state index contributed by atoms with van der Waals surface area (Å²) >= 11 is 0. The van der Waals surface area contributed by atoms with Crippen molar-refractivity contribution >= 4 is 0 Å². The Morgan fingerprint density at radius 1 is 1.33 bits per heavy atom. The third-order valence-electron chi connectivity index (χ3n) is 2.10. The van der Waals surface area contributed by atoms with E-state index in [2.05, 4.69) is 10.2 Å². The topological polar surface area (TPSA) is 52.7 Å². The third-order valence-corrected chi connectivity index (χ3v) is 2.10. The predicted molar refractivity (Wildman–Crippen MR) is 55.5 cm³/mol. The molecule has 0 amide bonds. The smallest absolute Gasteiger partial charge is 0.266 e. The molecule has 0 aliphatic rings. The maximum absolute atomic E-state index is 11.4. The summed E-state index contributed by atoms with van der Waals surface area (Å²) in [6, 6.07) is 5.10. The lowest BCUT2D eigenvalue weighted by Crippen LogP contribution is -2.24. The molecule has 0 spiro atoms. The molecule has 2 rings (SSSR count). The van der Waals surface area contributed by atoms with E-state index in [0.717, 1.165) is 5.69 Å². The fraction of sp³-hybridized carbons (Fsp3) is 0.300. The summed E-state index contributed by atoms with van der Waals surface area (Å²) in [4.78, 5) is 11.4. The summed E-state index contributed by atoms with van der Waals surface area (Å²) in [6.07, 6.45) is 3.58. The minimum Gasteiger partial charge on any atom is -0.271 e. The zero-order valence-electron chi connectivity index (χ0n) is 8.50. The Hall–Kier alpha value is -1.91. The molecule has 0 aliphatic heterocycles. The first-order valence-electron chi connectivity index (χ1n) is 4.78. The van der Waals surface area contributed by atoms with Crippen molar-refractivity contribution < 1.29 is 0 Å². The van der Waals surface area contributed by atoms with Gasteiger partial charge in [-0.25, -0.2) is 4.68 Å². The lowest BCUT2D eigenvalue weighted by atomic mass is 10.4. The van der Waals surface area contributed by atoms with Crippen molar-refractivity contribution in [3.05, 3.63) is 46.6 Å². The number of aromatic nitrogens is 4. The van der Waals surface area contributed by atoms with Crippen molar-refractivity contribution in [1.82, 2.24) is 19.6 Å². The van der Waals surface area contributed by atoms with Gasteiger partial charge in [-0.05, 0) is 19.1 Å². The van der Waals surface area contributed by atoms with Crippen LogP contribution in [-0.2, 0) is 13.1 Å². The van der Waals surface area contributed by atoms with Gasteiger partial charge in [0, 0.05) is 18.5 Å². The fourth-order valence-electron chi connectivity index (χ4n) is 1.34. The largest absolute Gasteiger partial charge is 0.271 e. The van der Waals surface area contributed by atoms with Crippen LogP contribution in [0.1, 0.15) is 5.69 Å². The average Bonchev–Trinajstić information content (AvgIpc) is 2.72. The van der Waals surface area contributed by atoms with Gasteiger partial charge in [-0.3, -0.25) is 9.48 Å². The average molecular weight is 204 g/mol. The zero-order valence-corrected chi connectivity index (χ0v) is 8.50. The third kappa shape index (κ3) is 2.31. The van der Waals surface area contributed by atoms with Gasteiger partial charge in [0.2, 0.25) is 0 Å². The van der Waals surface area contributed by atoms with E-state index in [1.807, 2.05) is 19.2 Å². The number of aryl methyl sites for hydroxylation is 3. The molecule has 0 atom stereocenters. The minimum absolute atomic E-state index is 0.0762. The highest BCUT2D eigenvalue weighted by Gasteiger charge is 1.98. The highest BCUT2D eigenvalue weighted by Crippen LogP contribution is 1.89. The van der Waals surface area contributed by atoms with Gasteiger partial charge in [0.25, 0.3) is 5.56 Å². The van der Waals surface area contributed by atoms with Gasteiger partial charge in [-0.2, -0.15) is 10.2 Å². The van der Waals surface area contributed by atoms with Gasteiger partial charge in [-0.1, -0.05) is 0 Å². The monoisotopic (exact) mass is 204 g/mol. The first kappa shape index (κ1) is 9.64. The first-order valence-corrected chi connectivity index (χ1v) is 4.78. The summed E-state index contributed by atoms with van der Waals surface area (Å²) in [6.45, 7) is 3.06. The van der Waals surface area contributed by atoms with Crippen LogP contribution in [0.3, 0.4) is 0 Å². The van der Waals surface area contributed by atoms with Crippen LogP contribution in [0.2, 0.25) is 0 Å². The van der Waals surface area contributed by atoms with Crippen LogP contribution in [0, 0.1) is 6.92 Å². The maximum Gasteiger partial charge on any atom is 0.266 e. The molecule has 2 heterocycles. The van der Waals surface area contributed by atoms with Crippen molar-refractivity contribution in [1.29, 1.82) is 0 Å². The molecule has 0 saturated heterocycles. The van der Waals surface area contributed by atoms with Gasteiger partial charge in [-0.15, -0.1) is 0 Å². The van der Waals surface area contributed by atoms with Gasteiger partial charge in [0.05, 0.1) is 18.8 Å². The van der Waals surface area contributed by atoms with Crippen molar-refractivity contribution in [2.24, 2.45) is 0 Å². The number of rotatable bonds is 3. The highest BCUT2D eigenvalue weighted by atomic mass is 16.1. The zero-order chi connectivity index (χ0) is 10.7. The fourth-order valence-corrected chi connectivity index (χ4v) is 1.34. The van der Waals surface area contributed by atoms with Gasteiger partial charge >= 0.3 is 0 Å². The second-order valence-electron chi connectivity index (χ2n) is 3.31. The molecule has 15 heavy (non-hydrogen) atoms. The molecule has 0 fully saturated rings. The van der Waals surface area contributed by atoms with Crippen LogP contribution in [0.5, 0.6) is 0 Å². The Morgan fingerprint density at radius 2 is 2.20 bits per heavy atom. The summed E-state index contributed by atoms with van der Waals surface area (Å²) < 4.78 is 3.23. The maximum atomic E-state index is 11.4. The molecule has 0 saturated carbocycles. The molecule has 0 radical (unpaired) electrons. The van der Waals surface area contributed by atoms with E-state index >= 15 is 0 Å². The normalized spacial score (nSPS) is 10.5. The first-order chi connectivity index (χ1) is 7.25. The molecule has 5 heteroatoms. The lowest BCUT2D eigenvalue weighted by molar-refractivity contribution is 0.479. The molecule has 0 N–H and O–H groups in total. The molecule has 2 aromatic heterocycles. The Kier molecular flexibility index (Phi) is 2.62. The highest BCUT2D eigenvalue weighted by molar-refractivity contribution is 4.96. The molecule has 5 nitrogen and oxygen atoms in total. The number of hydrogen-bond donors (Lipinski definition) is 0. The Morgan fingerprint density at radius 3 is 2.93 bits per heavy atom. The van der Waals surface area contributed by atoms with Gasteiger partial charge in [0.1, 0.15) is 0 Å². The second-order valence-corrected chi connectivity index (χ2v) is 3.31. The summed E-state index contributed by atoms with van der Waals surface area (Å²) in [5.74, 6) is 0. The van der Waals surface area contributed by atoms with Crippen LogP contribution in [0.25, 0.3) is 0 Å². The van der Waals surface area contributed by atoms with Crippen LogP contribution in [0.4, 0.5) is 0 Å². The van der Waals surface area contributed by atoms with E-state index in [4.69, 9.17) is 0 Å². The van der Waals surface area contributed by atoms with Crippen LogP contribution < -0.4 is 5.56 Å². The van der Waals surface area contributed by atoms with E-state index in [9.17, 15) is 4.79 Å². The van der Waals surface area contributed by atoms with E-state index in [1.165, 1.54) is 10.7 Å². The molecular weight excluding hydrogens is 192 g/mol. The van der Waals surface area contributed by atoms with Crippen molar-refractivity contribution in [3.8, 4) is 0 Å². The SMILES string of the molecule is Cc1ccc(=O)n(CCn2cccn2)n1. The van der Waals surface area contributed by atoms with Gasteiger partial charge in [0.15, 0.2) is 0 Å². The van der Waals surface area contributed by atoms with Crippen molar-refractivity contribution in [2.75, 3.05) is 0 Å². The Bertz CT molecular complexity index is 486. The van der Waals surface area contributed by atoms with Crippen LogP contribution in [0.15, 0.2) is 35.4 Å². The molecule has 78 valence electrons. The second kappa shape index (κ2) is 4.08. The quantitative estimate of drug-likeness (QED) is 0.729. The standard InChI is InChI=1S/C10H12N4O/c1-9-3-4-10(15)14(12-9)8-7-13-6-2-5-11-13/h2-6H,7-8H2,1H3. The lowest BCUT2D eigenvalue weighted by Gasteiger charge is -2.04.